The predicted molar refractivity (Wildman–Crippen MR) is 56.3 cm³/mol. The van der Waals surface area contributed by atoms with E-state index in [4.69, 9.17) is 5.73 Å². The number of hydrogen-bond donors (Lipinski definition) is 2. The summed E-state index contributed by atoms with van der Waals surface area (Å²) in [6.45, 7) is 0.666. The molecule has 1 aliphatic carbocycles. The smallest absolute Gasteiger partial charge is 0.349 e. The summed E-state index contributed by atoms with van der Waals surface area (Å²) in [6.07, 6.45) is 4.71. The molecule has 0 bridgehead atoms. The minimum absolute atomic E-state index is 0.110. The standard InChI is InChI=1S/C10H15N3O2/c11-8-2-5-13(9(15)12-8)6-10(7-14)3-1-4-10/h2,5,14H,1,3-4,6-7H2,(H2,11,12,15). The maximum Gasteiger partial charge on any atom is 0.349 e. The minimum Gasteiger partial charge on any atom is -0.396 e. The van der Waals surface area contributed by atoms with Gasteiger partial charge in [0.25, 0.3) is 0 Å². The Morgan fingerprint density at radius 2 is 2.33 bits per heavy atom. The number of nitrogens with two attached hydrogens (primary N) is 1. The number of anilines is 1. The summed E-state index contributed by atoms with van der Waals surface area (Å²) >= 11 is 0. The van der Waals surface area contributed by atoms with E-state index in [1.807, 2.05) is 0 Å². The van der Waals surface area contributed by atoms with Crippen LogP contribution in [0, 0.1) is 5.41 Å². The normalized spacial score (nSPS) is 18.5. The molecule has 0 radical (unpaired) electrons. The summed E-state index contributed by atoms with van der Waals surface area (Å²) in [5, 5.41) is 9.28. The van der Waals surface area contributed by atoms with E-state index in [9.17, 15) is 9.90 Å². The molecule has 0 amide bonds. The highest BCUT2D eigenvalue weighted by Gasteiger charge is 2.36. The molecule has 1 saturated carbocycles. The molecule has 1 fully saturated rings. The van der Waals surface area contributed by atoms with Gasteiger partial charge < -0.3 is 10.8 Å². The van der Waals surface area contributed by atoms with Crippen molar-refractivity contribution in [2.75, 3.05) is 12.3 Å². The molecular weight excluding hydrogens is 194 g/mol. The van der Waals surface area contributed by atoms with Crippen LogP contribution in [0.15, 0.2) is 17.1 Å². The van der Waals surface area contributed by atoms with Crippen LogP contribution >= 0.6 is 0 Å². The predicted octanol–water partition coefficient (Wildman–Crippen LogP) is -0.0119. The second kappa shape index (κ2) is 3.66. The van der Waals surface area contributed by atoms with Crippen LogP contribution in [0.25, 0.3) is 0 Å². The fraction of sp³-hybridized carbons (Fsp3) is 0.600. The van der Waals surface area contributed by atoms with Gasteiger partial charge in [-0.25, -0.2) is 4.79 Å². The molecule has 1 aromatic heterocycles. The summed E-state index contributed by atoms with van der Waals surface area (Å²) < 4.78 is 1.52. The van der Waals surface area contributed by atoms with Crippen molar-refractivity contribution in [2.24, 2.45) is 5.41 Å². The fourth-order valence-electron chi connectivity index (χ4n) is 1.97. The van der Waals surface area contributed by atoms with Crippen molar-refractivity contribution in [1.82, 2.24) is 9.55 Å². The molecule has 1 heterocycles. The topological polar surface area (TPSA) is 81.1 Å². The zero-order valence-electron chi connectivity index (χ0n) is 8.52. The van der Waals surface area contributed by atoms with E-state index in [1.165, 1.54) is 4.57 Å². The fourth-order valence-corrected chi connectivity index (χ4v) is 1.97. The third-order valence-electron chi connectivity index (χ3n) is 3.15. The van der Waals surface area contributed by atoms with Gasteiger partial charge in [-0.3, -0.25) is 4.57 Å². The quantitative estimate of drug-likeness (QED) is 0.733. The van der Waals surface area contributed by atoms with Gasteiger partial charge >= 0.3 is 5.69 Å². The van der Waals surface area contributed by atoms with Crippen LogP contribution in [0.1, 0.15) is 19.3 Å². The molecule has 1 aromatic rings. The minimum atomic E-state index is -0.338. The number of aliphatic hydroxyl groups excluding tert-OH is 1. The van der Waals surface area contributed by atoms with Crippen molar-refractivity contribution in [3.63, 3.8) is 0 Å². The lowest BCUT2D eigenvalue weighted by molar-refractivity contribution is 0.0263. The highest BCUT2D eigenvalue weighted by atomic mass is 16.3. The SMILES string of the molecule is Nc1ccn(CC2(CO)CCC2)c(=O)n1. The average Bonchev–Trinajstić information content (AvgIpc) is 2.14. The number of aromatic nitrogens is 2. The van der Waals surface area contributed by atoms with E-state index >= 15 is 0 Å². The molecule has 15 heavy (non-hydrogen) atoms. The Morgan fingerprint density at radius 3 is 2.80 bits per heavy atom. The van der Waals surface area contributed by atoms with Crippen molar-refractivity contribution >= 4 is 5.82 Å². The van der Waals surface area contributed by atoms with Crippen molar-refractivity contribution in [3.05, 3.63) is 22.7 Å². The highest BCUT2D eigenvalue weighted by molar-refractivity contribution is 5.23. The molecule has 0 saturated heterocycles. The Kier molecular flexibility index (Phi) is 2.48. The van der Waals surface area contributed by atoms with E-state index in [0.717, 1.165) is 19.3 Å². The van der Waals surface area contributed by atoms with Crippen molar-refractivity contribution in [1.29, 1.82) is 0 Å². The van der Waals surface area contributed by atoms with Crippen LogP contribution in [-0.4, -0.2) is 21.3 Å². The summed E-state index contributed by atoms with van der Waals surface area (Å²) in [7, 11) is 0. The van der Waals surface area contributed by atoms with Gasteiger partial charge in [0.15, 0.2) is 0 Å². The third-order valence-corrected chi connectivity index (χ3v) is 3.15. The molecule has 2 rings (SSSR count). The van der Waals surface area contributed by atoms with Crippen LogP contribution in [-0.2, 0) is 6.54 Å². The molecule has 5 heteroatoms. The maximum atomic E-state index is 11.5. The summed E-state index contributed by atoms with van der Waals surface area (Å²) in [5.41, 5.74) is 4.95. The zero-order valence-corrected chi connectivity index (χ0v) is 8.52. The molecule has 0 aliphatic heterocycles. The van der Waals surface area contributed by atoms with Gasteiger partial charge in [0.05, 0.1) is 6.61 Å². The molecule has 1 aliphatic rings. The number of nitrogen functional groups attached to an aromatic ring is 1. The van der Waals surface area contributed by atoms with E-state index < -0.39 is 0 Å². The Balaban J connectivity index is 2.20. The van der Waals surface area contributed by atoms with Crippen LogP contribution in [0.4, 0.5) is 5.82 Å². The highest BCUT2D eigenvalue weighted by Crippen LogP contribution is 2.41. The van der Waals surface area contributed by atoms with Crippen LogP contribution in [0.5, 0.6) is 0 Å². The lowest BCUT2D eigenvalue weighted by Crippen LogP contribution is -2.40. The maximum absolute atomic E-state index is 11.5. The van der Waals surface area contributed by atoms with Crippen molar-refractivity contribution in [3.8, 4) is 0 Å². The van der Waals surface area contributed by atoms with Gasteiger partial charge in [0.2, 0.25) is 0 Å². The largest absolute Gasteiger partial charge is 0.396 e. The summed E-state index contributed by atoms with van der Waals surface area (Å²) in [6, 6.07) is 1.60. The first-order valence-electron chi connectivity index (χ1n) is 5.09. The van der Waals surface area contributed by atoms with E-state index in [0.29, 0.717) is 6.54 Å². The van der Waals surface area contributed by atoms with Gasteiger partial charge in [-0.05, 0) is 18.9 Å². The van der Waals surface area contributed by atoms with Gasteiger partial charge in [-0.15, -0.1) is 0 Å². The summed E-state index contributed by atoms with van der Waals surface area (Å²) in [4.78, 5) is 15.1. The average molecular weight is 209 g/mol. The van der Waals surface area contributed by atoms with Gasteiger partial charge in [-0.2, -0.15) is 4.98 Å². The van der Waals surface area contributed by atoms with Crippen molar-refractivity contribution < 1.29 is 5.11 Å². The number of hydrogen-bond acceptors (Lipinski definition) is 4. The van der Waals surface area contributed by atoms with Crippen LogP contribution in [0.2, 0.25) is 0 Å². The molecule has 0 spiro atoms. The zero-order chi connectivity index (χ0) is 10.9. The second-order valence-corrected chi connectivity index (χ2v) is 4.27. The van der Waals surface area contributed by atoms with Gasteiger partial charge in [0.1, 0.15) is 5.82 Å². The first-order chi connectivity index (χ1) is 7.15. The molecule has 0 atom stereocenters. The lowest BCUT2D eigenvalue weighted by atomic mass is 9.69. The van der Waals surface area contributed by atoms with E-state index in [1.54, 1.807) is 12.3 Å². The van der Waals surface area contributed by atoms with Gasteiger partial charge in [-0.1, -0.05) is 6.42 Å². The molecule has 5 nitrogen and oxygen atoms in total. The molecular formula is C10H15N3O2. The lowest BCUT2D eigenvalue weighted by Gasteiger charge is -2.40. The molecule has 3 N–H and O–H groups in total. The monoisotopic (exact) mass is 209 g/mol. The Labute approximate surface area is 87.6 Å². The van der Waals surface area contributed by atoms with E-state index in [2.05, 4.69) is 4.98 Å². The second-order valence-electron chi connectivity index (χ2n) is 4.27. The van der Waals surface area contributed by atoms with Gasteiger partial charge in [0, 0.05) is 18.2 Å². The Bertz CT molecular complexity index is 404. The summed E-state index contributed by atoms with van der Waals surface area (Å²) in [5.74, 6) is 0.239. The van der Waals surface area contributed by atoms with Crippen LogP contribution in [0.3, 0.4) is 0 Å². The Hall–Kier alpha value is -1.36. The first-order valence-corrected chi connectivity index (χ1v) is 5.09. The number of nitrogens with zero attached hydrogens (tertiary/aromatic N) is 2. The molecule has 0 aromatic carbocycles. The Morgan fingerprint density at radius 1 is 1.60 bits per heavy atom. The third kappa shape index (κ3) is 1.87. The molecule has 0 unspecified atom stereocenters. The van der Waals surface area contributed by atoms with Crippen LogP contribution < -0.4 is 11.4 Å². The molecule has 82 valence electrons. The number of rotatable bonds is 3. The van der Waals surface area contributed by atoms with E-state index in [-0.39, 0.29) is 23.5 Å². The first kappa shape index (κ1) is 10.2. The number of aliphatic hydroxyl groups is 1. The van der Waals surface area contributed by atoms with Crippen molar-refractivity contribution in [2.45, 2.75) is 25.8 Å².